The molecule has 1 heterocycles. The maximum Gasteiger partial charge on any atom is 0.416 e. The Morgan fingerprint density at radius 3 is 2.29 bits per heavy atom. The third-order valence-corrected chi connectivity index (χ3v) is 5.29. The number of carbonyl (C=O) groups excluding carboxylic acids is 1. The van der Waals surface area contributed by atoms with Gasteiger partial charge < -0.3 is 10.3 Å². The number of fused-ring (bicyclic) bond motifs is 1. The number of aromatic nitrogens is 1. The molecule has 0 saturated carbocycles. The van der Waals surface area contributed by atoms with E-state index in [1.165, 1.54) is 12.1 Å². The van der Waals surface area contributed by atoms with Crippen LogP contribution in [-0.4, -0.2) is 17.3 Å². The number of halogens is 3. The standard InChI is InChI=1S/C25H21F3N2O/c26-25(27,28)19-12-10-17(11-13-19)14-15-29-23(18-6-2-1-3-7-18)24(31)21-16-30-22-9-5-4-8-20(21)22/h1-13,16,23,29-30H,14-15H2. The molecular weight excluding hydrogens is 401 g/mol. The van der Waals surface area contributed by atoms with Gasteiger partial charge in [-0.3, -0.25) is 4.79 Å². The van der Waals surface area contributed by atoms with Crippen LogP contribution in [-0.2, 0) is 12.6 Å². The number of H-pyrrole nitrogens is 1. The summed E-state index contributed by atoms with van der Waals surface area (Å²) in [4.78, 5) is 16.5. The van der Waals surface area contributed by atoms with Crippen molar-refractivity contribution in [1.82, 2.24) is 10.3 Å². The molecular formula is C25H21F3N2O. The Morgan fingerprint density at radius 1 is 0.903 bits per heavy atom. The summed E-state index contributed by atoms with van der Waals surface area (Å²) in [6.45, 7) is 0.443. The molecule has 2 N–H and O–H groups in total. The van der Waals surface area contributed by atoms with E-state index in [1.54, 1.807) is 6.20 Å². The first-order chi connectivity index (χ1) is 14.9. The van der Waals surface area contributed by atoms with Crippen LogP contribution in [0.1, 0.15) is 33.1 Å². The minimum atomic E-state index is -4.35. The monoisotopic (exact) mass is 422 g/mol. The number of carbonyl (C=O) groups is 1. The molecule has 1 atom stereocenters. The van der Waals surface area contributed by atoms with Crippen LogP contribution in [0.4, 0.5) is 13.2 Å². The highest BCUT2D eigenvalue weighted by atomic mass is 19.4. The van der Waals surface area contributed by atoms with E-state index in [2.05, 4.69) is 10.3 Å². The number of para-hydroxylation sites is 1. The van der Waals surface area contributed by atoms with E-state index in [0.29, 0.717) is 18.5 Å². The molecule has 0 bridgehead atoms. The molecule has 4 aromatic rings. The lowest BCUT2D eigenvalue weighted by Crippen LogP contribution is -2.30. The maximum atomic E-state index is 13.4. The molecule has 31 heavy (non-hydrogen) atoms. The summed E-state index contributed by atoms with van der Waals surface area (Å²) in [6.07, 6.45) is -2.12. The normalized spacial score (nSPS) is 12.7. The molecule has 3 aromatic carbocycles. The fourth-order valence-corrected chi connectivity index (χ4v) is 3.66. The highest BCUT2D eigenvalue weighted by Gasteiger charge is 2.30. The molecule has 0 fully saturated rings. The Balaban J connectivity index is 1.52. The number of rotatable bonds is 7. The molecule has 0 radical (unpaired) electrons. The van der Waals surface area contributed by atoms with Crippen LogP contribution in [0.25, 0.3) is 10.9 Å². The summed E-state index contributed by atoms with van der Waals surface area (Å²) in [5, 5.41) is 4.16. The second-order valence-corrected chi connectivity index (χ2v) is 7.35. The van der Waals surface area contributed by atoms with Gasteiger partial charge in [-0.25, -0.2) is 0 Å². The van der Waals surface area contributed by atoms with Crippen LogP contribution in [0.2, 0.25) is 0 Å². The summed E-state index contributed by atoms with van der Waals surface area (Å²) in [6, 6.07) is 21.6. The van der Waals surface area contributed by atoms with Gasteiger partial charge in [-0.15, -0.1) is 0 Å². The summed E-state index contributed by atoms with van der Waals surface area (Å²) >= 11 is 0. The van der Waals surface area contributed by atoms with Crippen LogP contribution in [0.15, 0.2) is 85.1 Å². The van der Waals surface area contributed by atoms with Crippen molar-refractivity contribution in [2.75, 3.05) is 6.54 Å². The largest absolute Gasteiger partial charge is 0.416 e. The fraction of sp³-hybridized carbons (Fsp3) is 0.160. The zero-order valence-electron chi connectivity index (χ0n) is 16.6. The molecule has 6 heteroatoms. The molecule has 0 aliphatic carbocycles. The molecule has 0 aliphatic heterocycles. The number of hydrogen-bond donors (Lipinski definition) is 2. The minimum Gasteiger partial charge on any atom is -0.360 e. The molecule has 0 aliphatic rings. The van der Waals surface area contributed by atoms with Crippen molar-refractivity contribution in [2.45, 2.75) is 18.6 Å². The van der Waals surface area contributed by atoms with Gasteiger partial charge in [-0.1, -0.05) is 60.7 Å². The Hall–Kier alpha value is -3.38. The highest BCUT2D eigenvalue weighted by molar-refractivity contribution is 6.10. The van der Waals surface area contributed by atoms with E-state index in [4.69, 9.17) is 0 Å². The molecule has 1 aromatic heterocycles. The van der Waals surface area contributed by atoms with Crippen molar-refractivity contribution in [3.05, 3.63) is 107 Å². The third-order valence-electron chi connectivity index (χ3n) is 5.29. The fourth-order valence-electron chi connectivity index (χ4n) is 3.66. The van der Waals surface area contributed by atoms with E-state index in [1.807, 2.05) is 54.6 Å². The lowest BCUT2D eigenvalue weighted by atomic mass is 9.96. The van der Waals surface area contributed by atoms with Gasteiger partial charge in [0.2, 0.25) is 0 Å². The van der Waals surface area contributed by atoms with E-state index >= 15 is 0 Å². The average Bonchev–Trinajstić information content (AvgIpc) is 3.21. The topological polar surface area (TPSA) is 44.9 Å². The van der Waals surface area contributed by atoms with Gasteiger partial charge in [0.1, 0.15) is 0 Å². The van der Waals surface area contributed by atoms with Crippen molar-refractivity contribution in [3.63, 3.8) is 0 Å². The SMILES string of the molecule is O=C(c1c[nH]c2ccccc12)C(NCCc1ccc(C(F)(F)F)cc1)c1ccccc1. The Morgan fingerprint density at radius 2 is 1.58 bits per heavy atom. The molecule has 1 unspecified atom stereocenters. The molecule has 0 amide bonds. The van der Waals surface area contributed by atoms with Gasteiger partial charge in [-0.2, -0.15) is 13.2 Å². The highest BCUT2D eigenvalue weighted by Crippen LogP contribution is 2.29. The first kappa shape index (κ1) is 20.9. The van der Waals surface area contributed by atoms with Gasteiger partial charge in [0, 0.05) is 29.2 Å². The average molecular weight is 422 g/mol. The van der Waals surface area contributed by atoms with Gasteiger partial charge in [0.15, 0.2) is 5.78 Å². The summed E-state index contributed by atoms with van der Waals surface area (Å²) in [5.74, 6) is -0.0592. The predicted molar refractivity (Wildman–Crippen MR) is 115 cm³/mol. The quantitative estimate of drug-likeness (QED) is 0.362. The molecule has 0 spiro atoms. The maximum absolute atomic E-state index is 13.4. The molecule has 4 rings (SSSR count). The van der Waals surface area contributed by atoms with Crippen LogP contribution >= 0.6 is 0 Å². The molecule has 3 nitrogen and oxygen atoms in total. The van der Waals surface area contributed by atoms with Crippen LogP contribution in [0.3, 0.4) is 0 Å². The minimum absolute atomic E-state index is 0.0592. The van der Waals surface area contributed by atoms with E-state index in [-0.39, 0.29) is 5.78 Å². The molecule has 0 saturated heterocycles. The van der Waals surface area contributed by atoms with Gasteiger partial charge in [0.05, 0.1) is 11.6 Å². The van der Waals surface area contributed by atoms with Gasteiger partial charge in [0.25, 0.3) is 0 Å². The van der Waals surface area contributed by atoms with Crippen LogP contribution < -0.4 is 5.32 Å². The van der Waals surface area contributed by atoms with Gasteiger partial charge >= 0.3 is 6.18 Å². The van der Waals surface area contributed by atoms with E-state index in [0.717, 1.165) is 34.2 Å². The lowest BCUT2D eigenvalue weighted by Gasteiger charge is -2.18. The number of nitrogens with one attached hydrogen (secondary N) is 2. The second kappa shape index (κ2) is 8.78. The smallest absolute Gasteiger partial charge is 0.360 e. The Labute approximate surface area is 177 Å². The predicted octanol–water partition coefficient (Wildman–Crippen LogP) is 5.94. The first-order valence-electron chi connectivity index (χ1n) is 9.98. The summed E-state index contributed by atoms with van der Waals surface area (Å²) in [7, 11) is 0. The lowest BCUT2D eigenvalue weighted by molar-refractivity contribution is -0.137. The van der Waals surface area contributed by atoms with Crippen molar-refractivity contribution >= 4 is 16.7 Å². The van der Waals surface area contributed by atoms with E-state index in [9.17, 15) is 18.0 Å². The Kier molecular flexibility index (Phi) is 5.91. The number of alkyl halides is 3. The summed E-state index contributed by atoms with van der Waals surface area (Å²) < 4.78 is 38.2. The Bertz CT molecular complexity index is 1160. The van der Waals surface area contributed by atoms with Crippen molar-refractivity contribution < 1.29 is 18.0 Å². The number of Topliss-reactive ketones (excluding diaryl/α,β-unsaturated/α-hetero) is 1. The van der Waals surface area contributed by atoms with Crippen LogP contribution in [0, 0.1) is 0 Å². The van der Waals surface area contributed by atoms with Crippen molar-refractivity contribution in [3.8, 4) is 0 Å². The van der Waals surface area contributed by atoms with Crippen molar-refractivity contribution in [2.24, 2.45) is 0 Å². The number of ketones is 1. The van der Waals surface area contributed by atoms with Crippen LogP contribution in [0.5, 0.6) is 0 Å². The number of benzene rings is 3. The molecule has 158 valence electrons. The zero-order chi connectivity index (χ0) is 21.8. The number of hydrogen-bond acceptors (Lipinski definition) is 2. The first-order valence-corrected chi connectivity index (χ1v) is 9.98. The van der Waals surface area contributed by atoms with E-state index < -0.39 is 17.8 Å². The number of aromatic amines is 1. The second-order valence-electron chi connectivity index (χ2n) is 7.35. The third kappa shape index (κ3) is 4.70. The summed E-state index contributed by atoms with van der Waals surface area (Å²) in [5.41, 5.74) is 2.44. The van der Waals surface area contributed by atoms with Crippen molar-refractivity contribution in [1.29, 1.82) is 0 Å². The zero-order valence-corrected chi connectivity index (χ0v) is 16.6. The van der Waals surface area contributed by atoms with Gasteiger partial charge in [-0.05, 0) is 35.7 Å².